The summed E-state index contributed by atoms with van der Waals surface area (Å²) in [5.41, 5.74) is 1.98. The van der Waals surface area contributed by atoms with E-state index in [9.17, 15) is 13.6 Å². The van der Waals surface area contributed by atoms with Crippen LogP contribution in [-0.4, -0.2) is 69.6 Å². The molecule has 0 spiro atoms. The number of aromatic nitrogens is 3. The summed E-state index contributed by atoms with van der Waals surface area (Å²) in [6.45, 7) is 10.7. The van der Waals surface area contributed by atoms with Gasteiger partial charge in [-0.3, -0.25) is 15.6 Å². The summed E-state index contributed by atoms with van der Waals surface area (Å²) >= 11 is 0.423. The van der Waals surface area contributed by atoms with E-state index in [2.05, 4.69) is 44.7 Å². The fourth-order valence-electron chi connectivity index (χ4n) is 4.86. The standard InChI is InChI=1S/C26H35F2N9OS/c1-14(2)31-9-10-32-16-5-6-17(21(29)39-22(30)20(27)28)35-19(16)15-7-11-37(12-8-15)24-18-23(33-13-34-24)36-25(38)26(18,3)4/h5-6,13-15,20,29-32H,7-12H2,1-4H3,(H,33,34,36,38). The van der Waals surface area contributed by atoms with Gasteiger partial charge in [0, 0.05) is 38.1 Å². The van der Waals surface area contributed by atoms with Crippen LogP contribution in [0.25, 0.3) is 0 Å². The van der Waals surface area contributed by atoms with Crippen LogP contribution in [0.4, 0.5) is 26.1 Å². The average molecular weight is 560 g/mol. The third-order valence-corrected chi connectivity index (χ3v) is 7.81. The molecule has 0 aromatic carbocycles. The summed E-state index contributed by atoms with van der Waals surface area (Å²) in [6.07, 6.45) is 0.0553. The minimum absolute atomic E-state index is 0.0664. The van der Waals surface area contributed by atoms with Gasteiger partial charge in [-0.2, -0.15) is 0 Å². The summed E-state index contributed by atoms with van der Waals surface area (Å²) < 4.78 is 25.8. The summed E-state index contributed by atoms with van der Waals surface area (Å²) in [5.74, 6) is 1.28. The minimum atomic E-state index is -2.92. The molecule has 10 nitrogen and oxygen atoms in total. The van der Waals surface area contributed by atoms with Crippen molar-refractivity contribution in [1.29, 1.82) is 10.8 Å². The Bertz CT molecular complexity index is 1250. The molecule has 13 heteroatoms. The van der Waals surface area contributed by atoms with Gasteiger partial charge in [-0.05, 0) is 50.6 Å². The molecule has 5 N–H and O–H groups in total. The molecule has 2 aromatic heterocycles. The Hall–Kier alpha value is -3.19. The third kappa shape index (κ3) is 6.35. The van der Waals surface area contributed by atoms with Crippen molar-refractivity contribution >= 4 is 45.1 Å². The number of carbonyl (C=O) groups excluding carboxylic acids is 1. The van der Waals surface area contributed by atoms with Crippen molar-refractivity contribution in [2.45, 2.75) is 64.3 Å². The maximum absolute atomic E-state index is 12.9. The lowest BCUT2D eigenvalue weighted by atomic mass is 9.86. The quantitative estimate of drug-likeness (QED) is 0.175. The van der Waals surface area contributed by atoms with Crippen LogP contribution < -0.4 is 20.9 Å². The van der Waals surface area contributed by atoms with E-state index >= 15 is 0 Å². The number of carbonyl (C=O) groups is 1. The van der Waals surface area contributed by atoms with E-state index in [1.807, 2.05) is 19.9 Å². The molecule has 1 fully saturated rings. The van der Waals surface area contributed by atoms with E-state index in [1.54, 1.807) is 6.07 Å². The van der Waals surface area contributed by atoms with Crippen LogP contribution in [0.2, 0.25) is 0 Å². The smallest absolute Gasteiger partial charge is 0.285 e. The zero-order valence-corrected chi connectivity index (χ0v) is 23.4. The van der Waals surface area contributed by atoms with E-state index in [1.165, 1.54) is 6.33 Å². The average Bonchev–Trinajstić information content (AvgIpc) is 3.14. The molecule has 0 saturated carbocycles. The lowest BCUT2D eigenvalue weighted by Crippen LogP contribution is -2.36. The Labute approximate surface area is 231 Å². The predicted molar refractivity (Wildman–Crippen MR) is 152 cm³/mol. The zero-order chi connectivity index (χ0) is 28.3. The Balaban J connectivity index is 1.54. The topological polar surface area (TPSA) is 143 Å². The number of pyridine rings is 1. The van der Waals surface area contributed by atoms with Gasteiger partial charge in [0.1, 0.15) is 28.1 Å². The normalized spacial score (nSPS) is 16.9. The number of amides is 1. The first-order valence-corrected chi connectivity index (χ1v) is 13.8. The second-order valence-corrected chi connectivity index (χ2v) is 11.6. The Morgan fingerprint density at radius 1 is 1.21 bits per heavy atom. The highest BCUT2D eigenvalue weighted by Gasteiger charge is 2.43. The first-order valence-electron chi connectivity index (χ1n) is 13.0. The largest absolute Gasteiger partial charge is 0.382 e. The summed E-state index contributed by atoms with van der Waals surface area (Å²) in [4.78, 5) is 28.2. The number of nitrogens with zero attached hydrogens (tertiary/aromatic N) is 4. The van der Waals surface area contributed by atoms with Crippen LogP contribution in [0.5, 0.6) is 0 Å². The molecule has 0 aliphatic carbocycles. The van der Waals surface area contributed by atoms with Crippen LogP contribution in [0.15, 0.2) is 18.5 Å². The minimum Gasteiger partial charge on any atom is -0.382 e. The van der Waals surface area contributed by atoms with Crippen molar-refractivity contribution in [3.63, 3.8) is 0 Å². The summed E-state index contributed by atoms with van der Waals surface area (Å²) in [6, 6.07) is 3.84. The maximum Gasteiger partial charge on any atom is 0.285 e. The van der Waals surface area contributed by atoms with E-state index in [0.717, 1.165) is 42.1 Å². The van der Waals surface area contributed by atoms with Crippen LogP contribution in [-0.2, 0) is 10.2 Å². The second-order valence-electron chi connectivity index (χ2n) is 10.5. The summed E-state index contributed by atoms with van der Waals surface area (Å²) in [7, 11) is 0. The van der Waals surface area contributed by atoms with Crippen molar-refractivity contribution in [3.8, 4) is 0 Å². The molecule has 39 heavy (non-hydrogen) atoms. The van der Waals surface area contributed by atoms with E-state index in [-0.39, 0.29) is 22.6 Å². The molecule has 210 valence electrons. The number of piperidine rings is 1. The zero-order valence-electron chi connectivity index (χ0n) is 22.6. The highest BCUT2D eigenvalue weighted by atomic mass is 32.2. The molecule has 4 rings (SSSR count). The number of hydrogen-bond donors (Lipinski definition) is 5. The Kier molecular flexibility index (Phi) is 8.80. The number of hydrogen-bond acceptors (Lipinski definition) is 10. The number of alkyl halides is 2. The number of rotatable bonds is 9. The van der Waals surface area contributed by atoms with Crippen molar-refractivity contribution < 1.29 is 13.6 Å². The van der Waals surface area contributed by atoms with Gasteiger partial charge in [0.15, 0.2) is 0 Å². The molecule has 2 aliphatic rings. The van der Waals surface area contributed by atoms with Gasteiger partial charge in [0.05, 0.1) is 28.1 Å². The van der Waals surface area contributed by atoms with Crippen molar-refractivity contribution in [1.82, 2.24) is 20.3 Å². The SMILES string of the molecule is CC(C)NCCNc1ccc(C(=N)SC(=N)C(F)F)nc1C1CCN(c2ncnc3c2C(C)(C)C(=O)N3)CC1. The van der Waals surface area contributed by atoms with Crippen molar-refractivity contribution in [2.75, 3.05) is 41.7 Å². The second kappa shape index (κ2) is 11.9. The van der Waals surface area contributed by atoms with Crippen LogP contribution in [0.1, 0.15) is 63.4 Å². The fourth-order valence-corrected chi connectivity index (χ4v) is 5.38. The highest BCUT2D eigenvalue weighted by Crippen LogP contribution is 2.42. The highest BCUT2D eigenvalue weighted by molar-refractivity contribution is 8.26. The van der Waals surface area contributed by atoms with Gasteiger partial charge < -0.3 is 20.9 Å². The van der Waals surface area contributed by atoms with Crippen LogP contribution in [0, 0.1) is 10.8 Å². The van der Waals surface area contributed by atoms with Gasteiger partial charge in [0.25, 0.3) is 6.43 Å². The lowest BCUT2D eigenvalue weighted by molar-refractivity contribution is -0.119. The van der Waals surface area contributed by atoms with Gasteiger partial charge in [-0.1, -0.05) is 13.8 Å². The first kappa shape index (κ1) is 28.8. The lowest BCUT2D eigenvalue weighted by Gasteiger charge is -2.35. The van der Waals surface area contributed by atoms with Gasteiger partial charge >= 0.3 is 0 Å². The molecule has 0 atom stereocenters. The van der Waals surface area contributed by atoms with Crippen molar-refractivity contribution in [3.05, 3.63) is 35.4 Å². The molecule has 0 bridgehead atoms. The molecule has 1 saturated heterocycles. The Morgan fingerprint density at radius 3 is 2.59 bits per heavy atom. The van der Waals surface area contributed by atoms with Crippen LogP contribution >= 0.6 is 11.8 Å². The molecule has 2 aromatic rings. The predicted octanol–water partition coefficient (Wildman–Crippen LogP) is 4.20. The Morgan fingerprint density at radius 2 is 1.92 bits per heavy atom. The molecular formula is C26H35F2N9OS. The molecular weight excluding hydrogens is 524 g/mol. The van der Waals surface area contributed by atoms with E-state index in [0.29, 0.717) is 43.3 Å². The first-order chi connectivity index (χ1) is 18.5. The molecule has 0 unspecified atom stereocenters. The van der Waals surface area contributed by atoms with E-state index < -0.39 is 16.9 Å². The third-order valence-electron chi connectivity index (χ3n) is 6.99. The number of thioether (sulfide) groups is 1. The number of anilines is 3. The van der Waals surface area contributed by atoms with Gasteiger partial charge in [-0.15, -0.1) is 0 Å². The monoisotopic (exact) mass is 559 g/mol. The number of fused-ring (bicyclic) bond motifs is 1. The number of halogens is 2. The molecule has 4 heterocycles. The maximum atomic E-state index is 12.9. The summed E-state index contributed by atoms with van der Waals surface area (Å²) in [5, 5.41) is 24.3. The van der Waals surface area contributed by atoms with Crippen LogP contribution in [0.3, 0.4) is 0 Å². The van der Waals surface area contributed by atoms with Gasteiger partial charge in [-0.25, -0.2) is 23.7 Å². The van der Waals surface area contributed by atoms with E-state index in [4.69, 9.17) is 15.8 Å². The van der Waals surface area contributed by atoms with Gasteiger partial charge in [0.2, 0.25) is 5.91 Å². The number of nitrogens with one attached hydrogen (secondary N) is 5. The molecule has 2 aliphatic heterocycles. The molecule has 0 radical (unpaired) electrons. The van der Waals surface area contributed by atoms with Crippen molar-refractivity contribution in [2.24, 2.45) is 0 Å². The molecule has 1 amide bonds. The fraction of sp³-hybridized carbons (Fsp3) is 0.538.